The Kier molecular flexibility index (Phi) is 6.53. The number of aliphatic hydroxyl groups excluding tert-OH is 1. The van der Waals surface area contributed by atoms with Crippen molar-refractivity contribution in [2.45, 2.75) is 19.1 Å². The number of nitro benzene ring substituents is 1. The van der Waals surface area contributed by atoms with Crippen molar-refractivity contribution in [1.82, 2.24) is 0 Å². The summed E-state index contributed by atoms with van der Waals surface area (Å²) in [5, 5.41) is 22.7. The predicted molar refractivity (Wildman–Crippen MR) is 75.1 cm³/mol. The van der Waals surface area contributed by atoms with Gasteiger partial charge in [0.2, 0.25) is 0 Å². The SMILES string of the molecule is CCNc1c(CSCCCO)cccc1[N+](=O)[O-]. The number of aliphatic hydroxyl groups is 1. The van der Waals surface area contributed by atoms with E-state index in [0.29, 0.717) is 18.0 Å². The number of nitrogens with one attached hydrogen (secondary N) is 1. The maximum atomic E-state index is 11.0. The predicted octanol–water partition coefficient (Wildman–Crippen LogP) is 2.64. The molecule has 0 spiro atoms. The third kappa shape index (κ3) is 4.19. The Bertz CT molecular complexity index is 399. The number of nitrogens with zero attached hydrogens (tertiary/aromatic N) is 1. The molecule has 0 aromatic heterocycles. The molecule has 0 radical (unpaired) electrons. The Hall–Kier alpha value is -1.27. The summed E-state index contributed by atoms with van der Waals surface area (Å²) in [5.41, 5.74) is 1.67. The first-order chi connectivity index (χ1) is 8.70. The second kappa shape index (κ2) is 7.94. The van der Waals surface area contributed by atoms with Gasteiger partial charge < -0.3 is 10.4 Å². The van der Waals surface area contributed by atoms with Crippen LogP contribution in [0, 0.1) is 10.1 Å². The number of hydrogen-bond acceptors (Lipinski definition) is 5. The van der Waals surface area contributed by atoms with E-state index < -0.39 is 0 Å². The van der Waals surface area contributed by atoms with Crippen molar-refractivity contribution >= 4 is 23.1 Å². The van der Waals surface area contributed by atoms with Gasteiger partial charge in [0.25, 0.3) is 5.69 Å². The van der Waals surface area contributed by atoms with Crippen LogP contribution in [0.1, 0.15) is 18.9 Å². The summed E-state index contributed by atoms with van der Waals surface area (Å²) >= 11 is 1.67. The van der Waals surface area contributed by atoms with Crippen LogP contribution >= 0.6 is 11.8 Å². The zero-order chi connectivity index (χ0) is 13.4. The van der Waals surface area contributed by atoms with E-state index in [2.05, 4.69) is 5.32 Å². The molecule has 0 aliphatic heterocycles. The molecular weight excluding hydrogens is 252 g/mol. The molecule has 0 heterocycles. The first-order valence-electron chi connectivity index (χ1n) is 5.89. The van der Waals surface area contributed by atoms with Gasteiger partial charge >= 0.3 is 0 Å². The van der Waals surface area contributed by atoms with Gasteiger partial charge in [-0.05, 0) is 24.7 Å². The lowest BCUT2D eigenvalue weighted by Crippen LogP contribution is -2.04. The summed E-state index contributed by atoms with van der Waals surface area (Å²) in [6.07, 6.45) is 0.746. The fourth-order valence-electron chi connectivity index (χ4n) is 1.59. The molecule has 0 atom stereocenters. The summed E-state index contributed by atoms with van der Waals surface area (Å²) in [6.45, 7) is 2.75. The maximum absolute atomic E-state index is 11.0. The molecular formula is C12H18N2O3S. The standard InChI is InChI=1S/C12H18N2O3S/c1-2-13-12-10(9-18-8-4-7-15)5-3-6-11(12)14(16)17/h3,5-6,13,15H,2,4,7-9H2,1H3. The number of nitro groups is 1. The van der Waals surface area contributed by atoms with Crippen LogP contribution in [-0.2, 0) is 5.75 Å². The number of anilines is 1. The first kappa shape index (κ1) is 14.8. The fraction of sp³-hybridized carbons (Fsp3) is 0.500. The summed E-state index contributed by atoms with van der Waals surface area (Å²) in [5.74, 6) is 1.56. The summed E-state index contributed by atoms with van der Waals surface area (Å²) in [6, 6.07) is 5.12. The van der Waals surface area contributed by atoms with E-state index in [4.69, 9.17) is 5.11 Å². The largest absolute Gasteiger partial charge is 0.396 e. The molecule has 0 bridgehead atoms. The molecule has 0 unspecified atom stereocenters. The molecule has 0 amide bonds. The summed E-state index contributed by atoms with van der Waals surface area (Å²) < 4.78 is 0. The van der Waals surface area contributed by atoms with Gasteiger partial charge in [-0.1, -0.05) is 12.1 Å². The van der Waals surface area contributed by atoms with Crippen molar-refractivity contribution in [2.24, 2.45) is 0 Å². The smallest absolute Gasteiger partial charge is 0.292 e. The van der Waals surface area contributed by atoms with Gasteiger partial charge in [0.05, 0.1) is 4.92 Å². The van der Waals surface area contributed by atoms with Crippen molar-refractivity contribution in [2.75, 3.05) is 24.2 Å². The average Bonchev–Trinajstić information content (AvgIpc) is 2.36. The highest BCUT2D eigenvalue weighted by Gasteiger charge is 2.16. The van der Waals surface area contributed by atoms with E-state index in [-0.39, 0.29) is 17.2 Å². The average molecular weight is 270 g/mol. The number of benzene rings is 1. The Morgan fingerprint density at radius 1 is 1.50 bits per heavy atom. The van der Waals surface area contributed by atoms with E-state index in [1.165, 1.54) is 6.07 Å². The third-order valence-electron chi connectivity index (χ3n) is 2.38. The molecule has 0 saturated heterocycles. The van der Waals surface area contributed by atoms with E-state index in [1.807, 2.05) is 13.0 Å². The van der Waals surface area contributed by atoms with Crippen molar-refractivity contribution < 1.29 is 10.0 Å². The van der Waals surface area contributed by atoms with E-state index in [1.54, 1.807) is 17.8 Å². The van der Waals surface area contributed by atoms with Crippen LogP contribution in [0.4, 0.5) is 11.4 Å². The van der Waals surface area contributed by atoms with E-state index in [9.17, 15) is 10.1 Å². The molecule has 0 aliphatic rings. The molecule has 0 aliphatic carbocycles. The number of para-hydroxylation sites is 1. The number of thioether (sulfide) groups is 1. The van der Waals surface area contributed by atoms with Crippen LogP contribution in [0.5, 0.6) is 0 Å². The fourth-order valence-corrected chi connectivity index (χ4v) is 2.53. The van der Waals surface area contributed by atoms with Crippen LogP contribution < -0.4 is 5.32 Å². The van der Waals surface area contributed by atoms with Crippen LogP contribution in [0.25, 0.3) is 0 Å². The van der Waals surface area contributed by atoms with Gasteiger partial charge in [-0.2, -0.15) is 11.8 Å². The highest BCUT2D eigenvalue weighted by Crippen LogP contribution is 2.30. The summed E-state index contributed by atoms with van der Waals surface area (Å²) in [7, 11) is 0. The Balaban J connectivity index is 2.81. The minimum atomic E-state index is -0.361. The van der Waals surface area contributed by atoms with Gasteiger partial charge in [0.1, 0.15) is 5.69 Å². The second-order valence-corrected chi connectivity index (χ2v) is 4.83. The molecule has 100 valence electrons. The molecule has 6 heteroatoms. The Morgan fingerprint density at radius 2 is 2.28 bits per heavy atom. The molecule has 1 rings (SSSR count). The molecule has 0 fully saturated rings. The zero-order valence-corrected chi connectivity index (χ0v) is 11.2. The monoisotopic (exact) mass is 270 g/mol. The van der Waals surface area contributed by atoms with Crippen molar-refractivity contribution in [3.63, 3.8) is 0 Å². The van der Waals surface area contributed by atoms with Gasteiger partial charge in [0, 0.05) is 25.0 Å². The topological polar surface area (TPSA) is 75.4 Å². The van der Waals surface area contributed by atoms with E-state index >= 15 is 0 Å². The second-order valence-electron chi connectivity index (χ2n) is 3.73. The van der Waals surface area contributed by atoms with Gasteiger partial charge in [0.15, 0.2) is 0 Å². The van der Waals surface area contributed by atoms with Crippen molar-refractivity contribution in [3.8, 4) is 0 Å². The van der Waals surface area contributed by atoms with Gasteiger partial charge in [-0.3, -0.25) is 10.1 Å². The normalized spacial score (nSPS) is 10.3. The minimum Gasteiger partial charge on any atom is -0.396 e. The first-order valence-corrected chi connectivity index (χ1v) is 7.05. The Labute approximate surface area is 111 Å². The molecule has 1 aromatic rings. The third-order valence-corrected chi connectivity index (χ3v) is 3.48. The van der Waals surface area contributed by atoms with Crippen LogP contribution in [0.15, 0.2) is 18.2 Å². The lowest BCUT2D eigenvalue weighted by atomic mass is 10.1. The quantitative estimate of drug-likeness (QED) is 0.431. The molecule has 2 N–H and O–H groups in total. The molecule has 5 nitrogen and oxygen atoms in total. The zero-order valence-electron chi connectivity index (χ0n) is 10.4. The minimum absolute atomic E-state index is 0.122. The van der Waals surface area contributed by atoms with Gasteiger partial charge in [-0.15, -0.1) is 0 Å². The maximum Gasteiger partial charge on any atom is 0.292 e. The molecule has 1 aromatic carbocycles. The van der Waals surface area contributed by atoms with E-state index in [0.717, 1.165) is 17.7 Å². The lowest BCUT2D eigenvalue weighted by Gasteiger charge is -2.10. The lowest BCUT2D eigenvalue weighted by molar-refractivity contribution is -0.384. The highest BCUT2D eigenvalue weighted by atomic mass is 32.2. The van der Waals surface area contributed by atoms with Crippen molar-refractivity contribution in [1.29, 1.82) is 0 Å². The Morgan fingerprint density at radius 3 is 2.89 bits per heavy atom. The van der Waals surface area contributed by atoms with Crippen LogP contribution in [0.3, 0.4) is 0 Å². The molecule has 18 heavy (non-hydrogen) atoms. The molecule has 0 saturated carbocycles. The number of hydrogen-bond donors (Lipinski definition) is 2. The van der Waals surface area contributed by atoms with Crippen LogP contribution in [0.2, 0.25) is 0 Å². The van der Waals surface area contributed by atoms with Crippen molar-refractivity contribution in [3.05, 3.63) is 33.9 Å². The number of rotatable bonds is 8. The van der Waals surface area contributed by atoms with Crippen LogP contribution in [-0.4, -0.2) is 28.9 Å². The highest BCUT2D eigenvalue weighted by molar-refractivity contribution is 7.98. The summed E-state index contributed by atoms with van der Waals surface area (Å²) in [4.78, 5) is 10.6. The van der Waals surface area contributed by atoms with Gasteiger partial charge in [-0.25, -0.2) is 0 Å².